The molecule has 0 unspecified atom stereocenters. The maximum absolute atomic E-state index is 11.3. The van der Waals surface area contributed by atoms with Gasteiger partial charge >= 0.3 is 11.9 Å². The fourth-order valence-corrected chi connectivity index (χ4v) is 5.98. The van der Waals surface area contributed by atoms with E-state index in [1.54, 1.807) is 0 Å². The summed E-state index contributed by atoms with van der Waals surface area (Å²) in [6.07, 6.45) is 1.87. The Labute approximate surface area is 299 Å². The summed E-state index contributed by atoms with van der Waals surface area (Å²) in [7, 11) is 5.60. The van der Waals surface area contributed by atoms with Crippen LogP contribution < -0.4 is 45.5 Å². The van der Waals surface area contributed by atoms with Crippen LogP contribution in [-0.4, -0.2) is 24.2 Å². The molecule has 2 heterocycles. The number of benzene rings is 4. The number of nitrogens with zero attached hydrogens (tertiary/aromatic N) is 2. The Balaban J connectivity index is 0.000000301. The first-order chi connectivity index (χ1) is 20.7. The minimum atomic E-state index is -0.754. The number of aromatic nitrogens is 2. The fourth-order valence-electron chi connectivity index (χ4n) is 5.98. The Hall–Kier alpha value is -3.53. The number of carbonyl (C=O) groups excluding carboxylic acids is 1. The van der Waals surface area contributed by atoms with E-state index in [2.05, 4.69) is 116 Å². The fraction of sp³-hybridized carbons (Fsp3) is 0.243. The van der Waals surface area contributed by atoms with Crippen LogP contribution in [-0.2, 0) is 41.3 Å². The van der Waals surface area contributed by atoms with Gasteiger partial charge in [-0.15, -0.1) is 12.4 Å². The van der Waals surface area contributed by atoms with Crippen molar-refractivity contribution in [3.8, 4) is 0 Å². The Morgan fingerprint density at radius 3 is 1.46 bits per heavy atom. The molecule has 6 nitrogen and oxygen atoms in total. The van der Waals surface area contributed by atoms with E-state index in [0.717, 1.165) is 11.1 Å². The maximum atomic E-state index is 11.3. The molecule has 0 fully saturated rings. The predicted molar refractivity (Wildman–Crippen MR) is 178 cm³/mol. The summed E-state index contributed by atoms with van der Waals surface area (Å²) < 4.78 is 9.13. The van der Waals surface area contributed by atoms with Gasteiger partial charge in [0.05, 0.1) is 17.9 Å². The van der Waals surface area contributed by atoms with Gasteiger partial charge in [0.2, 0.25) is 22.1 Å². The molecule has 4 aromatic carbocycles. The van der Waals surface area contributed by atoms with E-state index in [-0.39, 0.29) is 61.2 Å². The molecule has 0 amide bonds. The van der Waals surface area contributed by atoms with Crippen molar-refractivity contribution in [1.82, 2.24) is 0 Å². The summed E-state index contributed by atoms with van der Waals surface area (Å²) in [5.41, 5.74) is 9.58. The standard InChI is InChI=1S/C19H20NO2.C18H17NO2.2ClH.HI/c1-13-15-6-4-5-7-17(15)20(2)18-10-8-14(12-16(13)18)9-11-19(21)22-3;1-12-14-5-3-4-6-16(14)19(2)17-9-7-13(11-15(12)17)8-10-18(20)21;;;/h4-8,10,12H,9,11H2,1-3H3;3-7,9,11H,8,10H2,1-2H3;3*1H/q+1;;;;/p-1. The van der Waals surface area contributed by atoms with Crippen LogP contribution in [0.25, 0.3) is 43.6 Å². The van der Waals surface area contributed by atoms with Gasteiger partial charge in [-0.1, -0.05) is 36.4 Å². The van der Waals surface area contributed by atoms with Gasteiger partial charge in [-0.05, 0) is 73.2 Å². The smallest absolute Gasteiger partial charge is 0.305 e. The first kappa shape index (κ1) is 38.7. The minimum Gasteiger partial charge on any atom is -1.00 e. The average Bonchev–Trinajstić information content (AvgIpc) is 3.04. The zero-order chi connectivity index (χ0) is 30.7. The number of hydrogen-bond acceptors (Lipinski definition) is 3. The van der Waals surface area contributed by atoms with Crippen molar-refractivity contribution in [2.24, 2.45) is 14.1 Å². The number of methoxy groups -OCH3 is 1. The normalized spacial score (nSPS) is 10.4. The highest BCUT2D eigenvalue weighted by Gasteiger charge is 2.17. The number of pyridine rings is 2. The molecule has 2 aromatic heterocycles. The number of ether oxygens (including phenoxy) is 1. The molecule has 242 valence electrons. The zero-order valence-corrected chi connectivity index (χ0v) is 30.4. The van der Waals surface area contributed by atoms with Crippen molar-refractivity contribution in [1.29, 1.82) is 0 Å². The van der Waals surface area contributed by atoms with Crippen molar-refractivity contribution in [3.63, 3.8) is 0 Å². The Morgan fingerprint density at radius 1 is 0.652 bits per heavy atom. The van der Waals surface area contributed by atoms with E-state index in [4.69, 9.17) is 9.84 Å². The van der Waals surface area contributed by atoms with Gasteiger partial charge in [0, 0.05) is 47.9 Å². The molecular formula is C37H39Cl2IN2O4. The van der Waals surface area contributed by atoms with Crippen LogP contribution in [0.5, 0.6) is 0 Å². The van der Waals surface area contributed by atoms with Gasteiger partial charge in [-0.25, -0.2) is 0 Å². The number of hydrogen-bond donors (Lipinski definition) is 1. The minimum absolute atomic E-state index is 0. The van der Waals surface area contributed by atoms with Crippen LogP contribution in [0, 0.1) is 13.8 Å². The van der Waals surface area contributed by atoms with Crippen LogP contribution in [0.3, 0.4) is 0 Å². The first-order valence-corrected chi connectivity index (χ1v) is 14.6. The lowest BCUT2D eigenvalue weighted by molar-refractivity contribution is -0.617. The third-order valence-corrected chi connectivity index (χ3v) is 8.46. The Kier molecular flexibility index (Phi) is 14.2. The molecule has 0 radical (unpaired) electrons. The van der Waals surface area contributed by atoms with Crippen molar-refractivity contribution >= 4 is 68.0 Å². The van der Waals surface area contributed by atoms with E-state index >= 15 is 0 Å². The number of fused-ring (bicyclic) bond motifs is 4. The monoisotopic (exact) mass is 772 g/mol. The van der Waals surface area contributed by atoms with Crippen molar-refractivity contribution in [3.05, 3.63) is 107 Å². The van der Waals surface area contributed by atoms with E-state index in [9.17, 15) is 9.59 Å². The maximum Gasteiger partial charge on any atom is 0.305 e. The molecule has 0 spiro atoms. The number of aryl methyl sites for hydroxylation is 6. The van der Waals surface area contributed by atoms with E-state index in [1.165, 1.54) is 61.8 Å². The average molecular weight is 774 g/mol. The number of aliphatic carboxylic acids is 1. The number of halogens is 3. The number of carboxylic acid groups (broad SMARTS) is 1. The SMILES string of the molecule is COC(=O)CCc1ccc2c(c1)c(C)c1ccccc1[n+]2C.Cc1c2ccccc2[n+](C)c2ccc(CCC(=O)O)cc12.Cl.[Cl-].[I-]. The second kappa shape index (κ2) is 16.9. The van der Waals surface area contributed by atoms with Crippen LogP contribution in [0.1, 0.15) is 35.1 Å². The molecule has 1 N–H and O–H groups in total. The number of para-hydroxylation sites is 2. The predicted octanol–water partition coefficient (Wildman–Crippen LogP) is 0.804. The highest BCUT2D eigenvalue weighted by molar-refractivity contribution is 5.95. The molecule has 0 atom stereocenters. The molecule has 6 rings (SSSR count). The first-order valence-electron chi connectivity index (χ1n) is 14.6. The summed E-state index contributed by atoms with van der Waals surface area (Å²) in [6, 6.07) is 29.5. The summed E-state index contributed by atoms with van der Waals surface area (Å²) in [6.45, 7) is 4.29. The summed E-state index contributed by atoms with van der Waals surface area (Å²) in [4.78, 5) is 22.0. The molecule has 0 saturated heterocycles. The van der Waals surface area contributed by atoms with Gasteiger partial charge in [-0.3, -0.25) is 9.59 Å². The molecule has 46 heavy (non-hydrogen) atoms. The summed E-state index contributed by atoms with van der Waals surface area (Å²) in [5.74, 6) is -0.920. The molecular weight excluding hydrogens is 734 g/mol. The number of rotatable bonds is 6. The van der Waals surface area contributed by atoms with E-state index in [1.807, 2.05) is 6.07 Å². The Bertz CT molecular complexity index is 2030. The van der Waals surface area contributed by atoms with Crippen molar-refractivity contribution < 1.29 is 65.0 Å². The van der Waals surface area contributed by atoms with Gasteiger partial charge in [0.1, 0.15) is 14.1 Å². The van der Waals surface area contributed by atoms with E-state index in [0.29, 0.717) is 19.3 Å². The van der Waals surface area contributed by atoms with Crippen molar-refractivity contribution in [2.45, 2.75) is 39.5 Å². The molecule has 0 bridgehead atoms. The number of esters is 1. The third-order valence-electron chi connectivity index (χ3n) is 8.46. The summed E-state index contributed by atoms with van der Waals surface area (Å²) >= 11 is 0. The molecule has 0 saturated carbocycles. The summed E-state index contributed by atoms with van der Waals surface area (Å²) in [5, 5.41) is 13.8. The van der Waals surface area contributed by atoms with E-state index < -0.39 is 5.97 Å². The van der Waals surface area contributed by atoms with Gasteiger partial charge in [0.25, 0.3) is 0 Å². The van der Waals surface area contributed by atoms with Gasteiger partial charge in [0.15, 0.2) is 0 Å². The molecule has 0 aliphatic rings. The molecule has 9 heteroatoms. The van der Waals surface area contributed by atoms with Crippen molar-refractivity contribution in [2.75, 3.05) is 7.11 Å². The largest absolute Gasteiger partial charge is 1.00 e. The zero-order valence-electron chi connectivity index (χ0n) is 26.6. The van der Waals surface area contributed by atoms with Crippen LogP contribution in [0.2, 0.25) is 0 Å². The quantitative estimate of drug-likeness (QED) is 0.118. The lowest BCUT2D eigenvalue weighted by Crippen LogP contribution is -3.00. The molecule has 6 aromatic rings. The molecule has 0 aliphatic carbocycles. The van der Waals surface area contributed by atoms with Gasteiger partial charge < -0.3 is 46.2 Å². The topological polar surface area (TPSA) is 71.4 Å². The highest BCUT2D eigenvalue weighted by Crippen LogP contribution is 2.26. The third kappa shape index (κ3) is 8.06. The van der Waals surface area contributed by atoms with Crippen LogP contribution in [0.15, 0.2) is 84.9 Å². The Morgan fingerprint density at radius 2 is 1.04 bits per heavy atom. The lowest BCUT2D eigenvalue weighted by atomic mass is 10.00. The molecule has 0 aliphatic heterocycles. The second-order valence-electron chi connectivity index (χ2n) is 11.1. The number of carboxylic acids is 1. The second-order valence-corrected chi connectivity index (χ2v) is 11.1. The van der Waals surface area contributed by atoms with Crippen LogP contribution in [0.4, 0.5) is 0 Å². The highest BCUT2D eigenvalue weighted by atomic mass is 127. The van der Waals surface area contributed by atoms with Crippen LogP contribution >= 0.6 is 12.4 Å². The lowest BCUT2D eigenvalue weighted by Gasteiger charge is -2.08. The number of carbonyl (C=O) groups is 2. The van der Waals surface area contributed by atoms with Gasteiger partial charge in [-0.2, -0.15) is 9.13 Å².